The van der Waals surface area contributed by atoms with E-state index in [9.17, 15) is 9.90 Å². The monoisotopic (exact) mass is 508 g/mol. The summed E-state index contributed by atoms with van der Waals surface area (Å²) in [6, 6.07) is 20.0. The lowest BCUT2D eigenvalue weighted by Crippen LogP contribution is -2.35. The molecule has 0 aliphatic carbocycles. The number of aromatic nitrogens is 2. The van der Waals surface area contributed by atoms with Crippen molar-refractivity contribution in [2.24, 2.45) is 5.92 Å². The summed E-state index contributed by atoms with van der Waals surface area (Å²) in [6.07, 6.45) is 8.60. The lowest BCUT2D eigenvalue weighted by Gasteiger charge is -2.31. The minimum atomic E-state index is -0.202. The molecule has 2 heterocycles. The molecule has 2 N–H and O–H groups in total. The zero-order valence-corrected chi connectivity index (χ0v) is 22.4. The third-order valence-electron chi connectivity index (χ3n) is 7.20. The van der Waals surface area contributed by atoms with Crippen molar-refractivity contribution in [3.8, 4) is 5.69 Å². The quantitative estimate of drug-likeness (QED) is 0.300. The third kappa shape index (κ3) is 5.65. The maximum absolute atomic E-state index is 12.9. The molecule has 1 saturated heterocycles. The SMILES string of the molecule is CCc1ccc(-n2ncc3cc(NC(=O)c4ccc(N5CCC(O)CC5)cc4)ccc32)cc1/C=C\C(C)C. The molecule has 1 amide bonds. The first-order valence-electron chi connectivity index (χ1n) is 13.5. The van der Waals surface area contributed by atoms with Crippen molar-refractivity contribution in [1.29, 1.82) is 0 Å². The zero-order valence-electron chi connectivity index (χ0n) is 22.4. The van der Waals surface area contributed by atoms with Crippen LogP contribution in [0.15, 0.2) is 72.9 Å². The first-order valence-corrected chi connectivity index (χ1v) is 13.5. The third-order valence-corrected chi connectivity index (χ3v) is 7.20. The molecule has 5 rings (SSSR count). The van der Waals surface area contributed by atoms with Gasteiger partial charge in [-0.2, -0.15) is 5.10 Å². The zero-order chi connectivity index (χ0) is 26.6. The van der Waals surface area contributed by atoms with Gasteiger partial charge in [-0.05, 0) is 90.9 Å². The maximum Gasteiger partial charge on any atom is 0.255 e. The Bertz CT molecular complexity index is 1440. The smallest absolute Gasteiger partial charge is 0.255 e. The molecule has 38 heavy (non-hydrogen) atoms. The maximum atomic E-state index is 12.9. The fourth-order valence-corrected chi connectivity index (χ4v) is 4.95. The van der Waals surface area contributed by atoms with E-state index in [0.29, 0.717) is 11.5 Å². The Morgan fingerprint density at radius 2 is 1.79 bits per heavy atom. The van der Waals surface area contributed by atoms with E-state index in [1.807, 2.05) is 53.3 Å². The van der Waals surface area contributed by atoms with E-state index < -0.39 is 0 Å². The van der Waals surface area contributed by atoms with Gasteiger partial charge in [0.05, 0.1) is 23.5 Å². The fourth-order valence-electron chi connectivity index (χ4n) is 4.95. The van der Waals surface area contributed by atoms with Gasteiger partial charge < -0.3 is 15.3 Å². The molecule has 3 aromatic carbocycles. The Morgan fingerprint density at radius 3 is 2.50 bits per heavy atom. The average molecular weight is 509 g/mol. The average Bonchev–Trinajstić information content (AvgIpc) is 3.35. The molecule has 6 heteroatoms. The Hall–Kier alpha value is -3.90. The van der Waals surface area contributed by atoms with E-state index in [4.69, 9.17) is 0 Å². The van der Waals surface area contributed by atoms with Gasteiger partial charge in [0.1, 0.15) is 0 Å². The summed E-state index contributed by atoms with van der Waals surface area (Å²) < 4.78 is 1.95. The number of nitrogens with one attached hydrogen (secondary N) is 1. The van der Waals surface area contributed by atoms with E-state index in [1.54, 1.807) is 0 Å². The normalized spacial score (nSPS) is 14.6. The first-order chi connectivity index (χ1) is 18.4. The molecule has 0 radical (unpaired) electrons. The van der Waals surface area contributed by atoms with Gasteiger partial charge in [0.2, 0.25) is 0 Å². The lowest BCUT2D eigenvalue weighted by molar-refractivity contribution is 0.102. The van der Waals surface area contributed by atoms with Gasteiger partial charge in [0.25, 0.3) is 5.91 Å². The van der Waals surface area contributed by atoms with Crippen molar-refractivity contribution >= 4 is 34.3 Å². The van der Waals surface area contributed by atoms with Crippen LogP contribution in [0.1, 0.15) is 55.1 Å². The van der Waals surface area contributed by atoms with E-state index in [0.717, 1.165) is 60.3 Å². The molecule has 0 spiro atoms. The Labute approximate surface area is 224 Å². The van der Waals surface area contributed by atoms with Gasteiger partial charge in [0, 0.05) is 35.4 Å². The number of carbonyl (C=O) groups excluding carboxylic acids is 1. The van der Waals surface area contributed by atoms with Crippen LogP contribution in [0.3, 0.4) is 0 Å². The Balaban J connectivity index is 1.32. The standard InChI is InChI=1S/C32H36N4O2/c1-4-23-7-13-29(20-25(23)6-5-22(2)3)36-31-14-10-27(19-26(31)21-33-36)34-32(38)24-8-11-28(12-9-24)35-17-15-30(37)16-18-35/h5-14,19-22,30,37H,4,15-18H2,1-3H3,(H,34,38)/b6-5-. The second kappa shape index (κ2) is 11.2. The van der Waals surface area contributed by atoms with Gasteiger partial charge in [-0.25, -0.2) is 4.68 Å². The van der Waals surface area contributed by atoms with Crippen molar-refractivity contribution in [2.75, 3.05) is 23.3 Å². The van der Waals surface area contributed by atoms with Crippen LogP contribution in [-0.2, 0) is 6.42 Å². The Morgan fingerprint density at radius 1 is 1.05 bits per heavy atom. The van der Waals surface area contributed by atoms with Crippen LogP contribution in [0.4, 0.5) is 11.4 Å². The molecular formula is C32H36N4O2. The highest BCUT2D eigenvalue weighted by atomic mass is 16.3. The number of allylic oxidation sites excluding steroid dienone is 1. The van der Waals surface area contributed by atoms with E-state index in [2.05, 4.69) is 66.4 Å². The summed E-state index contributed by atoms with van der Waals surface area (Å²) in [5.74, 6) is 0.347. The minimum Gasteiger partial charge on any atom is -0.393 e. The van der Waals surface area contributed by atoms with Crippen LogP contribution in [0.2, 0.25) is 0 Å². The number of rotatable bonds is 7. The van der Waals surface area contributed by atoms with Crippen molar-refractivity contribution < 1.29 is 9.90 Å². The largest absolute Gasteiger partial charge is 0.393 e. The minimum absolute atomic E-state index is 0.144. The van der Waals surface area contributed by atoms with E-state index >= 15 is 0 Å². The number of piperidine rings is 1. The van der Waals surface area contributed by atoms with Gasteiger partial charge in [-0.15, -0.1) is 0 Å². The number of anilines is 2. The second-order valence-electron chi connectivity index (χ2n) is 10.4. The summed E-state index contributed by atoms with van der Waals surface area (Å²) in [6.45, 7) is 8.20. The number of fused-ring (bicyclic) bond motifs is 1. The van der Waals surface area contributed by atoms with Crippen LogP contribution in [-0.4, -0.2) is 40.0 Å². The van der Waals surface area contributed by atoms with Gasteiger partial charge in [-0.3, -0.25) is 4.79 Å². The highest BCUT2D eigenvalue weighted by molar-refractivity contribution is 6.05. The number of nitrogens with zero attached hydrogens (tertiary/aromatic N) is 3. The topological polar surface area (TPSA) is 70.4 Å². The summed E-state index contributed by atoms with van der Waals surface area (Å²) in [7, 11) is 0. The molecule has 4 aromatic rings. The van der Waals surface area contributed by atoms with Crippen LogP contribution < -0.4 is 10.2 Å². The molecule has 0 bridgehead atoms. The first kappa shape index (κ1) is 25.7. The second-order valence-corrected chi connectivity index (χ2v) is 10.4. The van der Waals surface area contributed by atoms with Crippen molar-refractivity contribution in [2.45, 2.75) is 46.1 Å². The number of benzene rings is 3. The number of aliphatic hydroxyl groups is 1. The number of amides is 1. The van der Waals surface area contributed by atoms with Crippen molar-refractivity contribution in [1.82, 2.24) is 9.78 Å². The van der Waals surface area contributed by atoms with Crippen LogP contribution in [0.25, 0.3) is 22.7 Å². The Kier molecular flexibility index (Phi) is 7.61. The summed E-state index contributed by atoms with van der Waals surface area (Å²) in [4.78, 5) is 15.2. The number of aliphatic hydroxyl groups excluding tert-OH is 1. The molecule has 1 aliphatic rings. The molecule has 1 aromatic heterocycles. The van der Waals surface area contributed by atoms with Crippen LogP contribution >= 0.6 is 0 Å². The number of aryl methyl sites for hydroxylation is 1. The molecule has 6 nitrogen and oxygen atoms in total. The lowest BCUT2D eigenvalue weighted by atomic mass is 10.0. The predicted molar refractivity (Wildman–Crippen MR) is 156 cm³/mol. The summed E-state index contributed by atoms with van der Waals surface area (Å²) >= 11 is 0. The molecule has 0 saturated carbocycles. The van der Waals surface area contributed by atoms with E-state index in [-0.39, 0.29) is 12.0 Å². The molecule has 0 atom stereocenters. The number of hydrogen-bond acceptors (Lipinski definition) is 4. The van der Waals surface area contributed by atoms with Gasteiger partial charge in [0.15, 0.2) is 0 Å². The van der Waals surface area contributed by atoms with Crippen LogP contribution in [0, 0.1) is 5.92 Å². The fraction of sp³-hybridized carbons (Fsp3) is 0.312. The molecular weight excluding hydrogens is 472 g/mol. The molecule has 0 unspecified atom stereocenters. The number of carbonyl (C=O) groups is 1. The van der Waals surface area contributed by atoms with Crippen LogP contribution in [0.5, 0.6) is 0 Å². The van der Waals surface area contributed by atoms with Gasteiger partial charge in [-0.1, -0.05) is 39.0 Å². The molecule has 1 aliphatic heterocycles. The predicted octanol–water partition coefficient (Wildman–Crippen LogP) is 6.47. The summed E-state index contributed by atoms with van der Waals surface area (Å²) in [5.41, 5.74) is 6.96. The highest BCUT2D eigenvalue weighted by Gasteiger charge is 2.17. The molecule has 1 fully saturated rings. The summed E-state index contributed by atoms with van der Waals surface area (Å²) in [5, 5.41) is 18.4. The number of hydrogen-bond donors (Lipinski definition) is 2. The molecule has 196 valence electrons. The van der Waals surface area contributed by atoms with Gasteiger partial charge >= 0.3 is 0 Å². The highest BCUT2D eigenvalue weighted by Crippen LogP contribution is 2.25. The van der Waals surface area contributed by atoms with Crippen molar-refractivity contribution in [3.05, 3.63) is 89.6 Å². The van der Waals surface area contributed by atoms with E-state index in [1.165, 1.54) is 11.1 Å². The van der Waals surface area contributed by atoms with Crippen molar-refractivity contribution in [3.63, 3.8) is 0 Å².